The number of aromatic nitrogens is 2. The van der Waals surface area contributed by atoms with Gasteiger partial charge in [0.25, 0.3) is 0 Å². The van der Waals surface area contributed by atoms with Crippen molar-refractivity contribution in [2.75, 3.05) is 0 Å². The summed E-state index contributed by atoms with van der Waals surface area (Å²) in [6.45, 7) is 12.2. The molecule has 2 rings (SSSR count). The number of hydrogen-bond acceptors (Lipinski definition) is 4. The molecule has 0 radical (unpaired) electrons. The van der Waals surface area contributed by atoms with Crippen molar-refractivity contribution in [3.05, 3.63) is 33.8 Å². The van der Waals surface area contributed by atoms with Crippen molar-refractivity contribution in [1.29, 1.82) is 0 Å². The minimum Gasteiger partial charge on any atom is -0.507 e. The van der Waals surface area contributed by atoms with Crippen LogP contribution in [0.25, 0.3) is 11.5 Å². The van der Waals surface area contributed by atoms with Crippen LogP contribution in [0.2, 0.25) is 0 Å². The van der Waals surface area contributed by atoms with Crippen molar-refractivity contribution < 1.29 is 9.52 Å². The number of nitrogens with zero attached hydrogens (tertiary/aromatic N) is 1. The molecule has 0 saturated carbocycles. The molecule has 1 aromatic heterocycles. The average Bonchev–Trinajstić information content (AvgIpc) is 2.73. The van der Waals surface area contributed by atoms with Crippen molar-refractivity contribution in [3.63, 3.8) is 0 Å². The summed E-state index contributed by atoms with van der Waals surface area (Å²) in [6, 6.07) is 3.65. The lowest BCUT2D eigenvalue weighted by Crippen LogP contribution is -2.17. The molecule has 0 saturated heterocycles. The number of benzene rings is 1. The van der Waals surface area contributed by atoms with E-state index in [0.717, 1.165) is 11.1 Å². The standard InChI is InChI=1S/C16H22N2O3/c1-15(2,3)10-7-9(13-17-18-14(20)21-13)8-11(12(10)19)16(4,5)6/h7-8,19H,1-6H3,(H,18,20). The van der Waals surface area contributed by atoms with Crippen molar-refractivity contribution in [2.24, 2.45) is 0 Å². The Morgan fingerprint density at radius 1 is 1.05 bits per heavy atom. The van der Waals surface area contributed by atoms with Crippen LogP contribution in [0.4, 0.5) is 0 Å². The summed E-state index contributed by atoms with van der Waals surface area (Å²) >= 11 is 0. The van der Waals surface area contributed by atoms with Gasteiger partial charge in [-0.25, -0.2) is 9.89 Å². The molecule has 0 spiro atoms. The first-order valence-corrected chi connectivity index (χ1v) is 6.94. The molecule has 0 bridgehead atoms. The smallest absolute Gasteiger partial charge is 0.434 e. The van der Waals surface area contributed by atoms with Crippen LogP contribution in [0.1, 0.15) is 52.7 Å². The Hall–Kier alpha value is -2.04. The van der Waals surface area contributed by atoms with Gasteiger partial charge in [0.15, 0.2) is 0 Å². The third-order valence-corrected chi connectivity index (χ3v) is 3.41. The maximum absolute atomic E-state index is 11.2. The third-order valence-electron chi connectivity index (χ3n) is 3.41. The molecule has 2 aromatic rings. The summed E-state index contributed by atoms with van der Waals surface area (Å²) in [5, 5.41) is 16.8. The molecule has 0 aliphatic carbocycles. The summed E-state index contributed by atoms with van der Waals surface area (Å²) in [6.07, 6.45) is 0. The van der Waals surface area contributed by atoms with Crippen molar-refractivity contribution in [2.45, 2.75) is 52.4 Å². The third kappa shape index (κ3) is 3.01. The Balaban J connectivity index is 2.77. The van der Waals surface area contributed by atoms with E-state index in [9.17, 15) is 9.90 Å². The molecule has 0 fully saturated rings. The van der Waals surface area contributed by atoms with Gasteiger partial charge >= 0.3 is 5.76 Å². The largest absolute Gasteiger partial charge is 0.507 e. The maximum Gasteiger partial charge on any atom is 0.434 e. The monoisotopic (exact) mass is 290 g/mol. The van der Waals surface area contributed by atoms with E-state index in [1.54, 1.807) is 0 Å². The summed E-state index contributed by atoms with van der Waals surface area (Å²) < 4.78 is 5.04. The molecule has 5 heteroatoms. The number of aromatic amines is 1. The first-order chi connectivity index (χ1) is 9.50. The number of phenolic OH excluding ortho intramolecular Hbond substituents is 1. The minimum absolute atomic E-state index is 0.232. The first kappa shape index (κ1) is 15.4. The zero-order valence-electron chi connectivity index (χ0n) is 13.4. The lowest BCUT2D eigenvalue weighted by atomic mass is 9.78. The second-order valence-electron chi connectivity index (χ2n) is 7.34. The van der Waals surface area contributed by atoms with Gasteiger partial charge in [-0.1, -0.05) is 41.5 Å². The summed E-state index contributed by atoms with van der Waals surface area (Å²) in [5.41, 5.74) is 1.81. The van der Waals surface area contributed by atoms with E-state index < -0.39 is 5.76 Å². The molecule has 0 unspecified atom stereocenters. The molecule has 1 heterocycles. The average molecular weight is 290 g/mol. The van der Waals surface area contributed by atoms with Crippen LogP contribution >= 0.6 is 0 Å². The predicted octanol–water partition coefficient (Wildman–Crippen LogP) is 3.33. The number of hydrogen-bond donors (Lipinski definition) is 2. The fourth-order valence-electron chi connectivity index (χ4n) is 2.25. The van der Waals surface area contributed by atoms with E-state index in [-0.39, 0.29) is 22.5 Å². The number of rotatable bonds is 1. The Morgan fingerprint density at radius 3 is 1.86 bits per heavy atom. The van der Waals surface area contributed by atoms with Crippen LogP contribution in [-0.2, 0) is 10.8 Å². The fraction of sp³-hybridized carbons (Fsp3) is 0.500. The quantitative estimate of drug-likeness (QED) is 0.844. The van der Waals surface area contributed by atoms with Gasteiger partial charge in [-0.15, -0.1) is 5.10 Å². The van der Waals surface area contributed by atoms with Crippen LogP contribution in [0, 0.1) is 0 Å². The Labute approximate surface area is 124 Å². The van der Waals surface area contributed by atoms with Crippen LogP contribution in [0.3, 0.4) is 0 Å². The normalized spacial score (nSPS) is 12.7. The molecule has 0 aliphatic rings. The van der Waals surface area contributed by atoms with Crippen LogP contribution in [0.5, 0.6) is 5.75 Å². The molecule has 114 valence electrons. The highest BCUT2D eigenvalue weighted by atomic mass is 16.4. The van der Waals surface area contributed by atoms with Crippen molar-refractivity contribution in [3.8, 4) is 17.2 Å². The van der Waals surface area contributed by atoms with Gasteiger partial charge < -0.3 is 9.52 Å². The van der Waals surface area contributed by atoms with E-state index in [0.29, 0.717) is 5.56 Å². The fourth-order valence-corrected chi connectivity index (χ4v) is 2.25. The number of nitrogens with one attached hydrogen (secondary N) is 1. The Bertz CT molecular complexity index is 677. The van der Waals surface area contributed by atoms with Crippen molar-refractivity contribution >= 4 is 0 Å². The van der Waals surface area contributed by atoms with E-state index in [2.05, 4.69) is 10.2 Å². The lowest BCUT2D eigenvalue weighted by Gasteiger charge is -2.27. The Kier molecular flexibility index (Phi) is 3.48. The molecular weight excluding hydrogens is 268 g/mol. The lowest BCUT2D eigenvalue weighted by molar-refractivity contribution is 0.423. The van der Waals surface area contributed by atoms with Crippen molar-refractivity contribution in [1.82, 2.24) is 10.2 Å². The number of aromatic hydroxyl groups is 1. The topological polar surface area (TPSA) is 79.1 Å². The SMILES string of the molecule is CC(C)(C)c1cc(-c2n[nH]c(=O)o2)cc(C(C)(C)C)c1O. The molecule has 2 N–H and O–H groups in total. The van der Waals surface area contributed by atoms with E-state index >= 15 is 0 Å². The molecule has 21 heavy (non-hydrogen) atoms. The van der Waals surface area contributed by atoms with Gasteiger partial charge in [-0.2, -0.15) is 0 Å². The predicted molar refractivity (Wildman–Crippen MR) is 81.6 cm³/mol. The van der Waals surface area contributed by atoms with Gasteiger partial charge in [0.2, 0.25) is 5.89 Å². The van der Waals surface area contributed by atoms with Gasteiger partial charge in [0.05, 0.1) is 0 Å². The Morgan fingerprint density at radius 2 is 1.52 bits per heavy atom. The van der Waals surface area contributed by atoms with Crippen LogP contribution in [-0.4, -0.2) is 15.3 Å². The highest BCUT2D eigenvalue weighted by Gasteiger charge is 2.27. The second kappa shape index (κ2) is 4.76. The molecule has 0 aliphatic heterocycles. The first-order valence-electron chi connectivity index (χ1n) is 6.94. The molecule has 5 nitrogen and oxygen atoms in total. The highest BCUT2D eigenvalue weighted by molar-refractivity contribution is 5.62. The highest BCUT2D eigenvalue weighted by Crippen LogP contribution is 2.41. The van der Waals surface area contributed by atoms with E-state index in [1.165, 1.54) is 0 Å². The summed E-state index contributed by atoms with van der Waals surface area (Å²) in [7, 11) is 0. The zero-order valence-corrected chi connectivity index (χ0v) is 13.4. The van der Waals surface area contributed by atoms with Gasteiger partial charge in [0.1, 0.15) is 5.75 Å². The molecule has 0 amide bonds. The molecule has 0 atom stereocenters. The van der Waals surface area contributed by atoms with E-state index in [1.807, 2.05) is 53.7 Å². The van der Waals surface area contributed by atoms with Crippen LogP contribution in [0.15, 0.2) is 21.3 Å². The van der Waals surface area contributed by atoms with Gasteiger partial charge in [0, 0.05) is 16.7 Å². The van der Waals surface area contributed by atoms with Crippen LogP contribution < -0.4 is 5.76 Å². The van der Waals surface area contributed by atoms with Gasteiger partial charge in [-0.3, -0.25) is 0 Å². The summed E-state index contributed by atoms with van der Waals surface area (Å²) in [4.78, 5) is 11.2. The second-order valence-corrected chi connectivity index (χ2v) is 7.34. The van der Waals surface area contributed by atoms with Gasteiger partial charge in [-0.05, 0) is 23.0 Å². The zero-order chi connectivity index (χ0) is 16.0. The maximum atomic E-state index is 11.2. The minimum atomic E-state index is -0.590. The number of phenols is 1. The molecular formula is C16H22N2O3. The molecule has 1 aromatic carbocycles. The number of H-pyrrole nitrogens is 1. The summed E-state index contributed by atoms with van der Waals surface area (Å²) in [5.74, 6) is -0.0691. The van der Waals surface area contributed by atoms with E-state index in [4.69, 9.17) is 4.42 Å².